The van der Waals surface area contributed by atoms with Crippen molar-refractivity contribution < 1.29 is 4.74 Å². The predicted octanol–water partition coefficient (Wildman–Crippen LogP) is 2.70. The molecule has 0 N–H and O–H groups in total. The molecular formula is C15H16N6OS. The van der Waals surface area contributed by atoms with Gasteiger partial charge in [-0.05, 0) is 30.3 Å². The van der Waals surface area contributed by atoms with Crippen LogP contribution >= 0.6 is 11.8 Å². The molecule has 3 heterocycles. The van der Waals surface area contributed by atoms with Crippen molar-refractivity contribution in [2.24, 2.45) is 0 Å². The van der Waals surface area contributed by atoms with Crippen LogP contribution in [0.5, 0.6) is 5.88 Å². The number of rotatable bonds is 6. The van der Waals surface area contributed by atoms with Crippen LogP contribution in [0.4, 0.5) is 0 Å². The van der Waals surface area contributed by atoms with Crippen LogP contribution in [0, 0.1) is 0 Å². The van der Waals surface area contributed by atoms with Gasteiger partial charge >= 0.3 is 0 Å². The first-order chi connectivity index (χ1) is 11.3. The Morgan fingerprint density at radius 3 is 2.70 bits per heavy atom. The quantitative estimate of drug-likeness (QED) is 0.644. The van der Waals surface area contributed by atoms with Gasteiger partial charge in [0, 0.05) is 36.8 Å². The highest BCUT2D eigenvalue weighted by Crippen LogP contribution is 2.28. The molecule has 8 heteroatoms. The van der Waals surface area contributed by atoms with Gasteiger partial charge in [0.15, 0.2) is 16.1 Å². The van der Waals surface area contributed by atoms with Crippen molar-refractivity contribution in [2.45, 2.75) is 30.2 Å². The van der Waals surface area contributed by atoms with Gasteiger partial charge in [-0.2, -0.15) is 4.98 Å². The van der Waals surface area contributed by atoms with Crippen LogP contribution in [0.3, 0.4) is 0 Å². The highest BCUT2D eigenvalue weighted by Gasteiger charge is 2.15. The Kier molecular flexibility index (Phi) is 4.82. The van der Waals surface area contributed by atoms with Crippen LogP contribution in [-0.4, -0.2) is 36.8 Å². The molecule has 0 saturated carbocycles. The van der Waals surface area contributed by atoms with E-state index in [2.05, 4.69) is 36.6 Å². The summed E-state index contributed by atoms with van der Waals surface area (Å²) in [6.07, 6.45) is 6.14. The third-order valence-corrected chi connectivity index (χ3v) is 3.97. The van der Waals surface area contributed by atoms with E-state index in [0.29, 0.717) is 11.0 Å². The van der Waals surface area contributed by atoms with Crippen molar-refractivity contribution in [2.75, 3.05) is 7.11 Å². The third kappa shape index (κ3) is 3.48. The summed E-state index contributed by atoms with van der Waals surface area (Å²) in [4.78, 5) is 12.6. The highest BCUT2D eigenvalue weighted by molar-refractivity contribution is 7.99. The lowest BCUT2D eigenvalue weighted by Crippen LogP contribution is -2.02. The zero-order chi connectivity index (χ0) is 16.1. The Labute approximate surface area is 138 Å². The maximum absolute atomic E-state index is 5.13. The SMILES string of the molecule is CCCn1c(Sc2nccc(OC)n2)nnc1-c1ccncc1. The van der Waals surface area contributed by atoms with Crippen molar-refractivity contribution in [1.29, 1.82) is 0 Å². The standard InChI is InChI=1S/C15H16N6OS/c1-3-10-21-13(11-4-7-16-8-5-11)19-20-15(21)23-14-17-9-6-12(18-14)22-2/h4-9H,3,10H2,1-2H3. The average molecular weight is 328 g/mol. The number of pyridine rings is 1. The lowest BCUT2D eigenvalue weighted by molar-refractivity contribution is 0.392. The molecule has 0 amide bonds. The second kappa shape index (κ2) is 7.19. The Morgan fingerprint density at radius 1 is 1.13 bits per heavy atom. The number of nitrogens with zero attached hydrogens (tertiary/aromatic N) is 6. The third-order valence-electron chi connectivity index (χ3n) is 3.10. The number of hydrogen-bond acceptors (Lipinski definition) is 7. The zero-order valence-corrected chi connectivity index (χ0v) is 13.7. The van der Waals surface area contributed by atoms with E-state index in [1.54, 1.807) is 31.8 Å². The molecule has 3 aromatic heterocycles. The van der Waals surface area contributed by atoms with E-state index in [9.17, 15) is 0 Å². The minimum absolute atomic E-state index is 0.526. The highest BCUT2D eigenvalue weighted by atomic mass is 32.2. The van der Waals surface area contributed by atoms with Crippen molar-refractivity contribution in [1.82, 2.24) is 29.7 Å². The minimum atomic E-state index is 0.526. The maximum atomic E-state index is 5.13. The van der Waals surface area contributed by atoms with Gasteiger partial charge in [0.05, 0.1) is 7.11 Å². The molecule has 0 unspecified atom stereocenters. The van der Waals surface area contributed by atoms with Gasteiger partial charge in [0.25, 0.3) is 0 Å². The smallest absolute Gasteiger partial charge is 0.217 e. The topological polar surface area (TPSA) is 78.6 Å². The summed E-state index contributed by atoms with van der Waals surface area (Å²) < 4.78 is 7.20. The fraction of sp³-hybridized carbons (Fsp3) is 0.267. The van der Waals surface area contributed by atoms with Crippen molar-refractivity contribution in [3.05, 3.63) is 36.8 Å². The molecule has 0 radical (unpaired) electrons. The molecule has 0 aliphatic rings. The molecule has 0 bridgehead atoms. The van der Waals surface area contributed by atoms with Crippen molar-refractivity contribution in [3.8, 4) is 17.3 Å². The number of hydrogen-bond donors (Lipinski definition) is 0. The molecule has 3 aromatic rings. The van der Waals surface area contributed by atoms with Crippen LogP contribution in [0.1, 0.15) is 13.3 Å². The van der Waals surface area contributed by atoms with Crippen LogP contribution in [0.25, 0.3) is 11.4 Å². The van der Waals surface area contributed by atoms with E-state index in [0.717, 1.165) is 29.5 Å². The minimum Gasteiger partial charge on any atom is -0.481 e. The van der Waals surface area contributed by atoms with E-state index in [1.807, 2.05) is 12.1 Å². The summed E-state index contributed by atoms with van der Waals surface area (Å²) in [5.41, 5.74) is 0.986. The van der Waals surface area contributed by atoms with Gasteiger partial charge in [-0.25, -0.2) is 4.98 Å². The van der Waals surface area contributed by atoms with Gasteiger partial charge in [-0.1, -0.05) is 6.92 Å². The second-order valence-corrected chi connectivity index (χ2v) is 5.61. The van der Waals surface area contributed by atoms with Crippen LogP contribution in [0.2, 0.25) is 0 Å². The van der Waals surface area contributed by atoms with E-state index >= 15 is 0 Å². The summed E-state index contributed by atoms with van der Waals surface area (Å²) in [5, 5.41) is 9.95. The van der Waals surface area contributed by atoms with E-state index < -0.39 is 0 Å². The second-order valence-electron chi connectivity index (χ2n) is 4.68. The fourth-order valence-corrected chi connectivity index (χ4v) is 2.86. The van der Waals surface area contributed by atoms with Gasteiger partial charge < -0.3 is 9.30 Å². The molecule has 3 rings (SSSR count). The molecule has 0 aromatic carbocycles. The Balaban J connectivity index is 1.94. The first-order valence-electron chi connectivity index (χ1n) is 7.20. The average Bonchev–Trinajstić information content (AvgIpc) is 2.99. The van der Waals surface area contributed by atoms with E-state index in [4.69, 9.17) is 4.74 Å². The monoisotopic (exact) mass is 328 g/mol. The lowest BCUT2D eigenvalue weighted by Gasteiger charge is -2.08. The van der Waals surface area contributed by atoms with Gasteiger partial charge in [-0.15, -0.1) is 10.2 Å². The molecule has 7 nitrogen and oxygen atoms in total. The first-order valence-corrected chi connectivity index (χ1v) is 8.02. The Bertz CT molecular complexity index is 777. The zero-order valence-electron chi connectivity index (χ0n) is 12.9. The molecule has 23 heavy (non-hydrogen) atoms. The van der Waals surface area contributed by atoms with Crippen LogP contribution in [0.15, 0.2) is 47.1 Å². The summed E-state index contributed by atoms with van der Waals surface area (Å²) >= 11 is 1.37. The predicted molar refractivity (Wildman–Crippen MR) is 86.3 cm³/mol. The molecule has 0 aliphatic carbocycles. The van der Waals surface area contributed by atoms with Gasteiger partial charge in [0.2, 0.25) is 5.88 Å². The molecule has 0 atom stereocenters. The molecule has 0 saturated heterocycles. The Hall–Kier alpha value is -2.48. The van der Waals surface area contributed by atoms with Crippen molar-refractivity contribution >= 4 is 11.8 Å². The van der Waals surface area contributed by atoms with Gasteiger partial charge in [0.1, 0.15) is 0 Å². The largest absolute Gasteiger partial charge is 0.481 e. The molecule has 0 fully saturated rings. The first kappa shape index (κ1) is 15.4. The summed E-state index contributed by atoms with van der Waals surface area (Å²) in [6.45, 7) is 2.93. The number of methoxy groups -OCH3 is 1. The summed E-state index contributed by atoms with van der Waals surface area (Å²) in [6, 6.07) is 5.56. The summed E-state index contributed by atoms with van der Waals surface area (Å²) in [7, 11) is 1.58. The fourth-order valence-electron chi connectivity index (χ4n) is 2.07. The maximum Gasteiger partial charge on any atom is 0.217 e. The van der Waals surface area contributed by atoms with Crippen LogP contribution < -0.4 is 4.74 Å². The van der Waals surface area contributed by atoms with Crippen molar-refractivity contribution in [3.63, 3.8) is 0 Å². The van der Waals surface area contributed by atoms with Gasteiger partial charge in [-0.3, -0.25) is 4.98 Å². The molecule has 118 valence electrons. The molecule has 0 spiro atoms. The van der Waals surface area contributed by atoms with E-state index in [1.165, 1.54) is 11.8 Å². The Morgan fingerprint density at radius 2 is 1.96 bits per heavy atom. The molecular weight excluding hydrogens is 312 g/mol. The summed E-state index contributed by atoms with van der Waals surface area (Å²) in [5.74, 6) is 1.35. The number of ether oxygens (including phenoxy) is 1. The lowest BCUT2D eigenvalue weighted by atomic mass is 10.2. The number of aromatic nitrogens is 6. The molecule has 0 aliphatic heterocycles. The van der Waals surface area contributed by atoms with Crippen LogP contribution in [-0.2, 0) is 6.54 Å². The normalized spacial score (nSPS) is 10.7. The van der Waals surface area contributed by atoms with E-state index in [-0.39, 0.29) is 0 Å².